The largest absolute Gasteiger partial charge is 0.434 e. The number of nitrogens with one attached hydrogen (secondary N) is 1. The van der Waals surface area contributed by atoms with Crippen molar-refractivity contribution in [3.8, 4) is 5.75 Å². The van der Waals surface area contributed by atoms with Gasteiger partial charge in [-0.25, -0.2) is 0 Å². The van der Waals surface area contributed by atoms with E-state index >= 15 is 0 Å². The lowest BCUT2D eigenvalue weighted by Crippen LogP contribution is -2.52. The highest BCUT2D eigenvalue weighted by Crippen LogP contribution is 2.31. The van der Waals surface area contributed by atoms with Gasteiger partial charge in [0, 0.05) is 12.1 Å². The number of hydrogen-bond acceptors (Lipinski definition) is 3. The average molecular weight is 340 g/mol. The first-order chi connectivity index (χ1) is 11.4. The number of likely N-dealkylation sites (N-methyl/N-ethyl adjacent to an activating group) is 1. The first-order valence-corrected chi connectivity index (χ1v) is 8.44. The first-order valence-electron chi connectivity index (χ1n) is 8.44. The smallest absolute Gasteiger partial charge is 0.387 e. The van der Waals surface area contributed by atoms with Gasteiger partial charge in [0.05, 0.1) is 5.56 Å². The van der Waals surface area contributed by atoms with Crippen molar-refractivity contribution in [3.63, 3.8) is 0 Å². The zero-order chi connectivity index (χ0) is 17.6. The van der Waals surface area contributed by atoms with Crippen LogP contribution in [0.5, 0.6) is 5.75 Å². The molecule has 6 heteroatoms. The summed E-state index contributed by atoms with van der Waals surface area (Å²) in [7, 11) is 4.07. The van der Waals surface area contributed by atoms with Crippen LogP contribution in [-0.2, 0) is 0 Å². The minimum absolute atomic E-state index is 0.0787. The van der Waals surface area contributed by atoms with Crippen molar-refractivity contribution < 1.29 is 18.3 Å². The molecule has 0 atom stereocenters. The Morgan fingerprint density at radius 3 is 2.42 bits per heavy atom. The normalized spacial score (nSPS) is 17.6. The second kappa shape index (κ2) is 8.42. The fraction of sp³-hybridized carbons (Fsp3) is 0.611. The summed E-state index contributed by atoms with van der Waals surface area (Å²) in [6, 6.07) is 6.10. The second-order valence-corrected chi connectivity index (χ2v) is 6.59. The molecule has 1 fully saturated rings. The molecule has 1 aromatic rings. The van der Waals surface area contributed by atoms with Gasteiger partial charge in [0.15, 0.2) is 0 Å². The number of hydrogen-bond donors (Lipinski definition) is 1. The number of halogens is 2. The lowest BCUT2D eigenvalue weighted by atomic mass is 9.88. The maximum Gasteiger partial charge on any atom is 0.387 e. The maximum atomic E-state index is 12.5. The van der Waals surface area contributed by atoms with Gasteiger partial charge in [-0.2, -0.15) is 8.78 Å². The molecular formula is C18H26F2N2O2. The van der Waals surface area contributed by atoms with Crippen molar-refractivity contribution in [2.45, 2.75) is 50.7 Å². The van der Waals surface area contributed by atoms with Crippen LogP contribution < -0.4 is 10.1 Å². The molecule has 0 saturated heterocycles. The second-order valence-electron chi connectivity index (χ2n) is 6.59. The summed E-state index contributed by atoms with van der Waals surface area (Å²) < 4.78 is 29.4. The average Bonchev–Trinajstić information content (AvgIpc) is 2.79. The van der Waals surface area contributed by atoms with Crippen LogP contribution in [0.1, 0.15) is 48.9 Å². The molecule has 1 N–H and O–H groups in total. The third-order valence-electron chi connectivity index (χ3n) is 4.91. The highest BCUT2D eigenvalue weighted by Gasteiger charge is 2.33. The van der Waals surface area contributed by atoms with Crippen molar-refractivity contribution in [1.82, 2.24) is 10.2 Å². The Morgan fingerprint density at radius 2 is 1.83 bits per heavy atom. The molecule has 0 spiro atoms. The monoisotopic (exact) mass is 340 g/mol. The molecule has 0 bridgehead atoms. The van der Waals surface area contributed by atoms with Crippen LogP contribution in [-0.4, -0.2) is 43.6 Å². The molecule has 0 aliphatic heterocycles. The van der Waals surface area contributed by atoms with Crippen LogP contribution >= 0.6 is 0 Å². The molecule has 1 saturated carbocycles. The molecule has 0 unspecified atom stereocenters. The predicted molar refractivity (Wildman–Crippen MR) is 89.5 cm³/mol. The van der Waals surface area contributed by atoms with E-state index in [1.807, 2.05) is 14.1 Å². The minimum atomic E-state index is -2.95. The molecule has 134 valence electrons. The summed E-state index contributed by atoms with van der Waals surface area (Å²) in [5.74, 6) is -0.471. The van der Waals surface area contributed by atoms with E-state index in [9.17, 15) is 13.6 Å². The number of carbonyl (C=O) groups excluding carboxylic acids is 1. The van der Waals surface area contributed by atoms with E-state index in [0.29, 0.717) is 6.54 Å². The van der Waals surface area contributed by atoms with Crippen LogP contribution in [0.15, 0.2) is 24.3 Å². The Labute approximate surface area is 142 Å². The number of rotatable bonds is 6. The van der Waals surface area contributed by atoms with Crippen molar-refractivity contribution in [2.75, 3.05) is 20.6 Å². The predicted octanol–water partition coefficient (Wildman–Crippen LogP) is 3.67. The van der Waals surface area contributed by atoms with Gasteiger partial charge in [-0.15, -0.1) is 0 Å². The Morgan fingerprint density at radius 1 is 1.21 bits per heavy atom. The van der Waals surface area contributed by atoms with Crippen molar-refractivity contribution in [3.05, 3.63) is 29.8 Å². The molecule has 0 aromatic heterocycles. The number of benzene rings is 1. The van der Waals surface area contributed by atoms with Crippen molar-refractivity contribution >= 4 is 5.91 Å². The lowest BCUT2D eigenvalue weighted by Gasteiger charge is -2.39. The maximum absolute atomic E-state index is 12.5. The van der Waals surface area contributed by atoms with E-state index in [-0.39, 0.29) is 22.8 Å². The van der Waals surface area contributed by atoms with E-state index in [1.54, 1.807) is 12.1 Å². The molecule has 0 heterocycles. The molecule has 1 aromatic carbocycles. The molecule has 2 rings (SSSR count). The summed E-state index contributed by atoms with van der Waals surface area (Å²) in [6.07, 6.45) is 6.76. The molecular weight excluding hydrogens is 314 g/mol. The molecule has 0 radical (unpaired) electrons. The van der Waals surface area contributed by atoms with Gasteiger partial charge in [0.1, 0.15) is 5.75 Å². The van der Waals surface area contributed by atoms with Crippen molar-refractivity contribution in [2.24, 2.45) is 0 Å². The summed E-state index contributed by atoms with van der Waals surface area (Å²) in [6.45, 7) is -2.45. The standard InChI is InChI=1S/C18H26F2N2O2/c1-22(2)18(11-7-3-4-8-12-18)13-21-16(23)14-9-5-6-10-15(14)24-17(19)20/h5-6,9-10,17H,3-4,7-8,11-13H2,1-2H3,(H,21,23). The van der Waals surface area contributed by atoms with Crippen LogP contribution in [0.25, 0.3) is 0 Å². The molecule has 4 nitrogen and oxygen atoms in total. The van der Waals surface area contributed by atoms with Gasteiger partial charge < -0.3 is 15.0 Å². The van der Waals surface area contributed by atoms with Gasteiger partial charge in [-0.3, -0.25) is 4.79 Å². The van der Waals surface area contributed by atoms with Gasteiger partial charge in [0.25, 0.3) is 5.91 Å². The number of amides is 1. The number of nitrogens with zero attached hydrogens (tertiary/aromatic N) is 1. The molecule has 1 aliphatic carbocycles. The van der Waals surface area contributed by atoms with Crippen LogP contribution in [0, 0.1) is 0 Å². The van der Waals surface area contributed by atoms with Crippen molar-refractivity contribution in [1.29, 1.82) is 0 Å². The summed E-state index contributed by atoms with van der Waals surface area (Å²) in [5.41, 5.74) is 0.0605. The Hall–Kier alpha value is -1.69. The topological polar surface area (TPSA) is 41.6 Å². The Bertz CT molecular complexity index is 542. The summed E-state index contributed by atoms with van der Waals surface area (Å²) in [5, 5.41) is 2.93. The number of alkyl halides is 2. The van der Waals surface area contributed by atoms with Gasteiger partial charge in [-0.05, 0) is 39.1 Å². The highest BCUT2D eigenvalue weighted by molar-refractivity contribution is 5.96. The van der Waals surface area contributed by atoms with Gasteiger partial charge in [0.2, 0.25) is 0 Å². The first kappa shape index (κ1) is 18.6. The van der Waals surface area contributed by atoms with E-state index in [4.69, 9.17) is 0 Å². The third-order valence-corrected chi connectivity index (χ3v) is 4.91. The fourth-order valence-corrected chi connectivity index (χ4v) is 3.36. The summed E-state index contributed by atoms with van der Waals surface area (Å²) in [4.78, 5) is 14.7. The summed E-state index contributed by atoms with van der Waals surface area (Å²) >= 11 is 0. The molecule has 24 heavy (non-hydrogen) atoms. The lowest BCUT2D eigenvalue weighted by molar-refractivity contribution is -0.0501. The Balaban J connectivity index is 2.08. The number of ether oxygens (including phenoxy) is 1. The third kappa shape index (κ3) is 4.66. The molecule has 1 aliphatic rings. The van der Waals surface area contributed by atoms with Crippen LogP contribution in [0.4, 0.5) is 8.78 Å². The van der Waals surface area contributed by atoms with Crippen LogP contribution in [0.3, 0.4) is 0 Å². The zero-order valence-electron chi connectivity index (χ0n) is 14.4. The van der Waals surface area contributed by atoms with Crippen LogP contribution in [0.2, 0.25) is 0 Å². The Kier molecular flexibility index (Phi) is 6.54. The van der Waals surface area contributed by atoms with E-state index in [2.05, 4.69) is 15.0 Å². The van der Waals surface area contributed by atoms with E-state index < -0.39 is 6.61 Å². The highest BCUT2D eigenvalue weighted by atomic mass is 19.3. The SMILES string of the molecule is CN(C)C1(CNC(=O)c2ccccc2OC(F)F)CCCCCC1. The zero-order valence-corrected chi connectivity index (χ0v) is 14.4. The molecule has 1 amide bonds. The van der Waals surface area contributed by atoms with E-state index in [0.717, 1.165) is 25.7 Å². The van der Waals surface area contributed by atoms with Gasteiger partial charge in [-0.1, -0.05) is 37.8 Å². The quantitative estimate of drug-likeness (QED) is 0.804. The minimum Gasteiger partial charge on any atom is -0.434 e. The van der Waals surface area contributed by atoms with Gasteiger partial charge >= 0.3 is 6.61 Å². The fourth-order valence-electron chi connectivity index (χ4n) is 3.36. The number of carbonyl (C=O) groups is 1. The number of para-hydroxylation sites is 1. The van der Waals surface area contributed by atoms with E-state index in [1.165, 1.54) is 25.0 Å².